The van der Waals surface area contributed by atoms with Gasteiger partial charge in [-0.15, -0.1) is 0 Å². The molecule has 1 aromatic heterocycles. The maximum absolute atomic E-state index is 14.1. The maximum Gasteiger partial charge on any atom is 0.330 e. The Bertz CT molecular complexity index is 2320. The van der Waals surface area contributed by atoms with E-state index >= 15 is 0 Å². The highest BCUT2D eigenvalue weighted by atomic mass is 79.9. The van der Waals surface area contributed by atoms with Crippen LogP contribution in [0.3, 0.4) is 0 Å². The third-order valence-corrected chi connectivity index (χ3v) is 22.3. The number of nitrogens with zero attached hydrogens (tertiary/aromatic N) is 3. The molecule has 1 N–H and O–H groups in total. The van der Waals surface area contributed by atoms with Crippen LogP contribution in [-0.4, -0.2) is 105 Å². The van der Waals surface area contributed by atoms with Gasteiger partial charge in [0, 0.05) is 36.3 Å². The Balaban J connectivity index is 1.83. The molecular weight excluding hydrogens is 1030 g/mol. The topological polar surface area (TPSA) is 165 Å². The number of ether oxygens (including phenoxy) is 6. The van der Waals surface area contributed by atoms with Gasteiger partial charge in [0.05, 0.1) is 39.9 Å². The van der Waals surface area contributed by atoms with Crippen LogP contribution in [0.15, 0.2) is 101 Å². The standard InChI is InChI=1S/C55H80BrN4O11PSi/c1-38(2)60(39(3)4)72(67-35-19-32-57)71-51-50(69-53(59-33-30-49(61)58-54(59)62)52(51)66-37-68-73(40(5)6,41(7)8)42(9)10)48(36-65-34-18-14-17-31-56)70-55(43-20-15-13-16-21-43,44-22-26-46(63-11)27-23-44)45-24-28-47(64-12)29-25-45/h13,15-16,20-30,33,38-42,48,50-53H,14,17-19,31,34-37H2,1-12H3,(H,58,61,62)/t48-,50-,51-,52-,53-,72?/m1/s1. The van der Waals surface area contributed by atoms with E-state index in [1.807, 2.05) is 78.9 Å². The Labute approximate surface area is 444 Å². The lowest BCUT2D eigenvalue weighted by atomic mass is 9.79. The molecule has 18 heteroatoms. The first-order chi connectivity index (χ1) is 35.0. The van der Waals surface area contributed by atoms with Crippen LogP contribution in [0.4, 0.5) is 0 Å². The van der Waals surface area contributed by atoms with Crippen molar-refractivity contribution in [2.45, 2.75) is 160 Å². The first-order valence-corrected chi connectivity index (χ1v) is 30.0. The van der Waals surface area contributed by atoms with Gasteiger partial charge in [-0.1, -0.05) is 118 Å². The monoisotopic (exact) mass is 1110 g/mol. The Morgan fingerprint density at radius 1 is 0.781 bits per heavy atom. The van der Waals surface area contributed by atoms with Crippen molar-refractivity contribution < 1.29 is 41.9 Å². The maximum atomic E-state index is 14.1. The summed E-state index contributed by atoms with van der Waals surface area (Å²) in [6, 6.07) is 28.9. The molecule has 5 rings (SSSR count). The zero-order chi connectivity index (χ0) is 53.3. The fourth-order valence-electron chi connectivity index (χ4n) is 10.4. The summed E-state index contributed by atoms with van der Waals surface area (Å²) >= 11 is 3.57. The Morgan fingerprint density at radius 2 is 1.36 bits per heavy atom. The molecule has 4 aromatic rings. The minimum atomic E-state index is -2.52. The first-order valence-electron chi connectivity index (χ1n) is 25.6. The van der Waals surface area contributed by atoms with Gasteiger partial charge in [-0.05, 0) is 98.1 Å². The molecule has 0 aliphatic carbocycles. The molecule has 0 bridgehead atoms. The van der Waals surface area contributed by atoms with Crippen LogP contribution < -0.4 is 20.7 Å². The highest BCUT2D eigenvalue weighted by Crippen LogP contribution is 2.53. The molecule has 0 radical (unpaired) electrons. The quantitative estimate of drug-likeness (QED) is 0.0126. The molecule has 0 saturated carbocycles. The summed E-state index contributed by atoms with van der Waals surface area (Å²) in [7, 11) is -1.21. The van der Waals surface area contributed by atoms with E-state index in [-0.39, 0.29) is 55.1 Å². The van der Waals surface area contributed by atoms with Gasteiger partial charge >= 0.3 is 5.69 Å². The molecule has 73 heavy (non-hydrogen) atoms. The van der Waals surface area contributed by atoms with E-state index in [4.69, 9.17) is 41.9 Å². The van der Waals surface area contributed by atoms with Gasteiger partial charge in [-0.25, -0.2) is 9.46 Å². The summed E-state index contributed by atoms with van der Waals surface area (Å²) in [6.07, 6.45) is -1.04. The number of hydrogen-bond donors (Lipinski definition) is 1. The largest absolute Gasteiger partial charge is 0.497 e. The molecule has 1 saturated heterocycles. The van der Waals surface area contributed by atoms with E-state index in [9.17, 15) is 14.9 Å². The molecule has 6 atom stereocenters. The summed E-state index contributed by atoms with van der Waals surface area (Å²) in [5.74, 6) is 1.33. The van der Waals surface area contributed by atoms with Gasteiger partial charge in [0.25, 0.3) is 14.1 Å². The number of aromatic amines is 1. The second kappa shape index (κ2) is 28.9. The van der Waals surface area contributed by atoms with Crippen molar-refractivity contribution >= 4 is 32.8 Å². The molecule has 2 heterocycles. The van der Waals surface area contributed by atoms with Crippen LogP contribution >= 0.6 is 24.5 Å². The predicted molar refractivity (Wildman–Crippen MR) is 293 cm³/mol. The van der Waals surface area contributed by atoms with Crippen molar-refractivity contribution in [1.29, 1.82) is 5.26 Å². The van der Waals surface area contributed by atoms with E-state index in [2.05, 4.69) is 101 Å². The molecular formula is C55H80BrN4O11PSi. The number of methoxy groups -OCH3 is 2. The summed E-state index contributed by atoms with van der Waals surface area (Å²) in [5, 5.41) is 10.6. The number of nitriles is 1. The SMILES string of the molecule is COc1ccc(C(O[C@H](COCCCCCBr)[C@H]2O[C@@H](n3ccc(=O)[nH]c3=O)[C@H](OCO[Si](C(C)C)(C(C)C)C(C)C)[C@@H]2OP(OCCC#N)N(C(C)C)C(C)C)(c2ccccc2)c2ccc(OC)cc2)cc1. The number of rotatable bonds is 31. The van der Waals surface area contributed by atoms with Gasteiger partial charge in [0.15, 0.2) is 6.23 Å². The number of aromatic nitrogens is 2. The number of nitrogens with one attached hydrogen (secondary N) is 1. The molecule has 0 amide bonds. The number of unbranched alkanes of at least 4 members (excludes halogenated alkanes) is 2. The minimum Gasteiger partial charge on any atom is -0.497 e. The van der Waals surface area contributed by atoms with E-state index < -0.39 is 64.3 Å². The van der Waals surface area contributed by atoms with E-state index in [1.54, 1.807) is 14.2 Å². The second-order valence-corrected chi connectivity index (χ2v) is 27.5. The van der Waals surface area contributed by atoms with Crippen LogP contribution in [0.1, 0.15) is 118 Å². The van der Waals surface area contributed by atoms with Gasteiger partial charge in [0.2, 0.25) is 8.32 Å². The van der Waals surface area contributed by atoms with Gasteiger partial charge in [-0.3, -0.25) is 14.3 Å². The Kier molecular flexibility index (Phi) is 23.8. The molecule has 1 aliphatic heterocycles. The van der Waals surface area contributed by atoms with Crippen molar-refractivity contribution in [2.75, 3.05) is 46.2 Å². The van der Waals surface area contributed by atoms with Crippen molar-refractivity contribution in [3.8, 4) is 17.6 Å². The Morgan fingerprint density at radius 3 is 1.86 bits per heavy atom. The van der Waals surface area contributed by atoms with Crippen molar-refractivity contribution in [1.82, 2.24) is 14.2 Å². The van der Waals surface area contributed by atoms with Gasteiger partial charge < -0.3 is 41.9 Å². The highest BCUT2D eigenvalue weighted by Gasteiger charge is 2.56. The molecule has 15 nitrogen and oxygen atoms in total. The molecule has 402 valence electrons. The van der Waals surface area contributed by atoms with Crippen LogP contribution in [0.2, 0.25) is 16.6 Å². The lowest BCUT2D eigenvalue weighted by Crippen LogP contribution is -2.51. The fraction of sp³-hybridized carbons (Fsp3) is 0.582. The average molecular weight is 1110 g/mol. The third-order valence-electron chi connectivity index (χ3n) is 13.6. The normalized spacial score (nSPS) is 18.3. The van der Waals surface area contributed by atoms with Crippen LogP contribution in [0, 0.1) is 11.3 Å². The molecule has 1 aliphatic rings. The van der Waals surface area contributed by atoms with Crippen LogP contribution in [0.25, 0.3) is 0 Å². The van der Waals surface area contributed by atoms with Crippen molar-refractivity contribution in [2.24, 2.45) is 0 Å². The van der Waals surface area contributed by atoms with E-state index in [0.717, 1.165) is 41.3 Å². The van der Waals surface area contributed by atoms with Crippen molar-refractivity contribution in [3.05, 3.63) is 129 Å². The lowest BCUT2D eigenvalue weighted by molar-refractivity contribution is -0.163. The number of hydrogen-bond acceptors (Lipinski definition) is 13. The van der Waals surface area contributed by atoms with Crippen LogP contribution in [-0.2, 0) is 38.0 Å². The number of halogens is 1. The molecule has 1 unspecified atom stereocenters. The van der Waals surface area contributed by atoms with E-state index in [0.29, 0.717) is 18.1 Å². The second-order valence-electron chi connectivity index (χ2n) is 19.8. The average Bonchev–Trinajstić information content (AvgIpc) is 3.71. The van der Waals surface area contributed by atoms with Crippen molar-refractivity contribution in [3.63, 3.8) is 0 Å². The van der Waals surface area contributed by atoms with E-state index in [1.165, 1.54) is 16.8 Å². The number of H-pyrrole nitrogens is 1. The molecule has 0 spiro atoms. The lowest BCUT2D eigenvalue weighted by Gasteiger charge is -2.43. The summed E-state index contributed by atoms with van der Waals surface area (Å²) in [4.78, 5) is 29.2. The smallest absolute Gasteiger partial charge is 0.330 e. The van der Waals surface area contributed by atoms with Gasteiger partial charge in [-0.2, -0.15) is 5.26 Å². The summed E-state index contributed by atoms with van der Waals surface area (Å²) in [6.45, 7) is 21.9. The van der Waals surface area contributed by atoms with Gasteiger partial charge in [0.1, 0.15) is 48.3 Å². The minimum absolute atomic E-state index is 0.0194. The zero-order valence-electron chi connectivity index (χ0n) is 45.0. The first kappa shape index (κ1) is 60.1. The molecule has 1 fully saturated rings. The number of benzene rings is 3. The third kappa shape index (κ3) is 14.8. The number of alkyl halides is 1. The predicted octanol–water partition coefficient (Wildman–Crippen LogP) is 11.6. The zero-order valence-corrected chi connectivity index (χ0v) is 48.4. The highest BCUT2D eigenvalue weighted by molar-refractivity contribution is 9.09. The Hall–Kier alpha value is -3.76. The molecule has 3 aromatic carbocycles. The fourth-order valence-corrected chi connectivity index (χ4v) is 17.8. The summed E-state index contributed by atoms with van der Waals surface area (Å²) in [5.41, 5.74) is 0.483. The van der Waals surface area contributed by atoms with Crippen LogP contribution in [0.5, 0.6) is 11.5 Å². The summed E-state index contributed by atoms with van der Waals surface area (Å²) < 4.78 is 64.9.